The molecule has 4 aromatic carbocycles. The van der Waals surface area contributed by atoms with E-state index < -0.39 is 0 Å². The van der Waals surface area contributed by atoms with Crippen LogP contribution in [-0.4, -0.2) is 34.2 Å². The van der Waals surface area contributed by atoms with Crippen molar-refractivity contribution in [3.63, 3.8) is 0 Å². The normalized spacial score (nSPS) is 10.6. The van der Waals surface area contributed by atoms with E-state index in [1.165, 1.54) is 0 Å². The molecule has 0 saturated carbocycles. The van der Waals surface area contributed by atoms with Crippen LogP contribution in [-0.2, 0) is 13.1 Å². The smallest absolute Gasteiger partial charge is 0.219 e. The highest BCUT2D eigenvalue weighted by atomic mass is 79.9. The lowest BCUT2D eigenvalue weighted by Crippen LogP contribution is -2.06. The van der Waals surface area contributed by atoms with E-state index in [9.17, 15) is 5.11 Å². The molecule has 0 radical (unpaired) electrons. The largest absolute Gasteiger partial charge is 0.508 e. The van der Waals surface area contributed by atoms with Crippen LogP contribution in [0.4, 0.5) is 11.6 Å². The molecule has 0 fully saturated rings. The van der Waals surface area contributed by atoms with E-state index in [1.807, 2.05) is 146 Å². The summed E-state index contributed by atoms with van der Waals surface area (Å²) in [6.07, 6.45) is 3.45. The van der Waals surface area contributed by atoms with Crippen molar-refractivity contribution in [3.8, 4) is 62.4 Å². The molecule has 0 unspecified atom stereocenters. The molecule has 0 saturated heterocycles. The number of anilines is 2. The molecular weight excluding hydrogens is 943 g/mol. The lowest BCUT2D eigenvalue weighted by atomic mass is 10.1. The Labute approximate surface area is 406 Å². The van der Waals surface area contributed by atoms with Crippen molar-refractivity contribution in [2.24, 2.45) is 0 Å². The minimum absolute atomic E-state index is 0.237. The second-order valence-electron chi connectivity index (χ2n) is 14.9. The number of nitrogens with zero attached hydrogens (tertiary/aromatic N) is 6. The number of phenols is 1. The molecule has 6 heterocycles. The second kappa shape index (κ2) is 22.0. The predicted molar refractivity (Wildman–Crippen MR) is 274 cm³/mol. The van der Waals surface area contributed by atoms with Crippen LogP contribution >= 0.6 is 39.1 Å². The Kier molecular flexibility index (Phi) is 15.0. The first kappa shape index (κ1) is 45.9. The first-order valence-corrected chi connectivity index (χ1v) is 22.6. The zero-order valence-corrected chi connectivity index (χ0v) is 39.0. The van der Waals surface area contributed by atoms with Crippen LogP contribution < -0.4 is 16.2 Å². The van der Waals surface area contributed by atoms with Crippen LogP contribution in [0.25, 0.3) is 45.0 Å². The molecule has 0 aliphatic carbocycles. The molecule has 332 valence electrons. The van der Waals surface area contributed by atoms with E-state index in [1.54, 1.807) is 36.7 Å². The fourth-order valence-electron chi connectivity index (χ4n) is 7.28. The molecule has 13 heteroatoms. The minimum Gasteiger partial charge on any atom is -0.508 e. The van der Waals surface area contributed by atoms with Crippen molar-refractivity contribution < 1.29 is 9.84 Å². The Morgan fingerprint density at radius 2 is 0.940 bits per heavy atom. The van der Waals surface area contributed by atoms with Gasteiger partial charge in [0.15, 0.2) is 0 Å². The molecule has 6 aromatic heterocycles. The van der Waals surface area contributed by atoms with Gasteiger partial charge in [-0.05, 0) is 154 Å². The molecule has 0 amide bonds. The summed E-state index contributed by atoms with van der Waals surface area (Å²) in [7, 11) is 0. The van der Waals surface area contributed by atoms with Crippen LogP contribution in [0.2, 0.25) is 10.0 Å². The van der Waals surface area contributed by atoms with Gasteiger partial charge in [-0.2, -0.15) is 0 Å². The molecule has 0 atom stereocenters. The van der Waals surface area contributed by atoms with Gasteiger partial charge in [-0.1, -0.05) is 83.9 Å². The summed E-state index contributed by atoms with van der Waals surface area (Å²) >= 11 is 16.2. The van der Waals surface area contributed by atoms with Crippen LogP contribution in [0.5, 0.6) is 17.4 Å². The molecule has 10 nitrogen and oxygen atoms in total. The third-order valence-electron chi connectivity index (χ3n) is 10.4. The molecular formula is C54H43BrCl2N8O2. The Balaban J connectivity index is 0.000000161. The Bertz CT molecular complexity index is 3180. The number of hydrogen-bond donors (Lipinski definition) is 3. The van der Waals surface area contributed by atoms with Crippen LogP contribution in [0.3, 0.4) is 0 Å². The highest BCUT2D eigenvalue weighted by Gasteiger charge is 2.17. The maximum Gasteiger partial charge on any atom is 0.219 e. The average molecular weight is 987 g/mol. The van der Waals surface area contributed by atoms with Crippen molar-refractivity contribution in [2.75, 3.05) is 11.5 Å². The van der Waals surface area contributed by atoms with E-state index in [2.05, 4.69) is 69.3 Å². The fraction of sp³-hybridized carbons (Fsp3) is 0.0370. The van der Waals surface area contributed by atoms with E-state index >= 15 is 0 Å². The molecule has 10 rings (SSSR count). The lowest BCUT2D eigenvalue weighted by Gasteiger charge is -2.15. The Morgan fingerprint density at radius 3 is 1.37 bits per heavy atom. The standard InChI is InChI=1S/C27H21ClN4O.C22H18ClN3O.C5H4BrN/c28-23-8-2-1-7-22(23)25-16-15-24(32(25)18-20-6-5-9-26(29)31-20)19-11-13-21(14-12-19)33-27-10-3-4-17-30-27;23-19-6-2-1-5-18(19)21-13-12-20(15-8-10-17(27)11-9-15)26(21)14-16-4-3-7-22(24)25-16;6-5-3-1-2-4-7-5/h1-17H,18H2,(H2,29,31);1-13,27H,14H2,(H2,24,25);1-4H. The van der Waals surface area contributed by atoms with Gasteiger partial charge < -0.3 is 30.4 Å². The van der Waals surface area contributed by atoms with Crippen molar-refractivity contribution in [3.05, 3.63) is 233 Å². The molecule has 0 bridgehead atoms. The van der Waals surface area contributed by atoms with Crippen molar-refractivity contribution in [2.45, 2.75) is 13.1 Å². The number of nitrogen functional groups attached to an aromatic ring is 2. The van der Waals surface area contributed by atoms with Gasteiger partial charge in [0, 0.05) is 51.0 Å². The number of ether oxygens (including phenoxy) is 1. The van der Waals surface area contributed by atoms with E-state index in [0.29, 0.717) is 40.7 Å². The second-order valence-corrected chi connectivity index (χ2v) is 16.6. The quantitative estimate of drug-likeness (QED) is 0.115. The number of pyridine rings is 4. The van der Waals surface area contributed by atoms with Crippen molar-refractivity contribution in [1.82, 2.24) is 29.1 Å². The summed E-state index contributed by atoms with van der Waals surface area (Å²) in [5.41, 5.74) is 21.5. The van der Waals surface area contributed by atoms with Gasteiger partial charge in [-0.3, -0.25) is 0 Å². The Hall–Kier alpha value is -7.70. The van der Waals surface area contributed by atoms with E-state index in [0.717, 1.165) is 66.8 Å². The van der Waals surface area contributed by atoms with Crippen molar-refractivity contribution in [1.29, 1.82) is 0 Å². The first-order chi connectivity index (χ1) is 32.7. The lowest BCUT2D eigenvalue weighted by molar-refractivity contribution is 0.463. The van der Waals surface area contributed by atoms with Gasteiger partial charge in [0.2, 0.25) is 5.88 Å². The number of halogens is 3. The number of phenolic OH excluding ortho intramolecular Hbond substituents is 1. The third-order valence-corrected chi connectivity index (χ3v) is 11.5. The number of aromatic nitrogens is 6. The van der Waals surface area contributed by atoms with Gasteiger partial charge in [0.05, 0.1) is 35.9 Å². The summed E-state index contributed by atoms with van der Waals surface area (Å²) in [4.78, 5) is 17.0. The highest BCUT2D eigenvalue weighted by Crippen LogP contribution is 2.36. The number of rotatable bonds is 10. The summed E-state index contributed by atoms with van der Waals surface area (Å²) in [5, 5.41) is 11.0. The average Bonchev–Trinajstić information content (AvgIpc) is 3.95. The molecule has 67 heavy (non-hydrogen) atoms. The predicted octanol–water partition coefficient (Wildman–Crippen LogP) is 13.7. The van der Waals surface area contributed by atoms with Gasteiger partial charge in [0.25, 0.3) is 0 Å². The molecule has 10 aromatic rings. The maximum atomic E-state index is 9.61. The van der Waals surface area contributed by atoms with Crippen molar-refractivity contribution >= 4 is 50.8 Å². The topological polar surface area (TPSA) is 143 Å². The molecule has 0 aliphatic heterocycles. The van der Waals surface area contributed by atoms with Crippen LogP contribution in [0.15, 0.2) is 211 Å². The van der Waals surface area contributed by atoms with Gasteiger partial charge in [-0.25, -0.2) is 19.9 Å². The minimum atomic E-state index is 0.237. The highest BCUT2D eigenvalue weighted by molar-refractivity contribution is 9.10. The van der Waals surface area contributed by atoms with Crippen LogP contribution in [0.1, 0.15) is 11.4 Å². The fourth-order valence-corrected chi connectivity index (χ4v) is 8.02. The molecule has 0 spiro atoms. The number of benzene rings is 4. The zero-order valence-electron chi connectivity index (χ0n) is 35.9. The number of hydrogen-bond acceptors (Lipinski definition) is 8. The van der Waals surface area contributed by atoms with Crippen LogP contribution in [0, 0.1) is 0 Å². The summed E-state index contributed by atoms with van der Waals surface area (Å²) in [6.45, 7) is 1.11. The monoisotopic (exact) mass is 984 g/mol. The molecule has 5 N–H and O–H groups in total. The molecule has 0 aliphatic rings. The first-order valence-electron chi connectivity index (χ1n) is 21.1. The number of nitrogens with two attached hydrogens (primary N) is 2. The van der Waals surface area contributed by atoms with Gasteiger partial charge in [0.1, 0.15) is 27.7 Å². The zero-order chi connectivity index (χ0) is 46.5. The summed E-state index contributed by atoms with van der Waals surface area (Å²) < 4.78 is 11.1. The van der Waals surface area contributed by atoms with Gasteiger partial charge >= 0.3 is 0 Å². The maximum absolute atomic E-state index is 9.61. The van der Waals surface area contributed by atoms with Gasteiger partial charge in [-0.15, -0.1) is 0 Å². The van der Waals surface area contributed by atoms with E-state index in [-0.39, 0.29) is 5.75 Å². The number of aromatic hydroxyl groups is 1. The third kappa shape index (κ3) is 12.0. The SMILES string of the molecule is Brc1ccccn1.Nc1cccc(Cn2c(-c3ccc(O)cc3)ccc2-c2ccccc2Cl)n1.Nc1cccc(Cn2c(-c3ccc(Oc4ccccn4)cc3)ccc2-c2ccccc2Cl)n1. The summed E-state index contributed by atoms with van der Waals surface area (Å²) in [6, 6.07) is 61.6. The Morgan fingerprint density at radius 1 is 0.478 bits per heavy atom. The van der Waals surface area contributed by atoms with E-state index in [4.69, 9.17) is 39.4 Å². The summed E-state index contributed by atoms with van der Waals surface area (Å²) in [5.74, 6) is 2.50.